The lowest BCUT2D eigenvalue weighted by Gasteiger charge is -2.09. The van der Waals surface area contributed by atoms with Gasteiger partial charge < -0.3 is 9.84 Å². The van der Waals surface area contributed by atoms with Crippen LogP contribution in [-0.4, -0.2) is 33.8 Å². The molecule has 0 saturated carbocycles. The number of hydrogen-bond donors (Lipinski definition) is 2. The number of nitrogens with one attached hydrogen (secondary N) is 1. The highest BCUT2D eigenvalue weighted by Crippen LogP contribution is 2.22. The molecule has 0 bridgehead atoms. The summed E-state index contributed by atoms with van der Waals surface area (Å²) < 4.78 is 31.4. The van der Waals surface area contributed by atoms with Crippen molar-refractivity contribution in [2.75, 3.05) is 20.3 Å². The number of aliphatic hydroxyl groups is 1. The highest BCUT2D eigenvalue weighted by molar-refractivity contribution is 7.89. The largest absolute Gasteiger partial charge is 0.392 e. The number of rotatable bonds is 8. The lowest BCUT2D eigenvalue weighted by atomic mass is 10.2. The van der Waals surface area contributed by atoms with E-state index < -0.39 is 10.0 Å². The highest BCUT2D eigenvalue weighted by atomic mass is 35.5. The van der Waals surface area contributed by atoms with E-state index in [9.17, 15) is 8.42 Å². The van der Waals surface area contributed by atoms with Gasteiger partial charge in [0.05, 0.1) is 11.6 Å². The fourth-order valence-electron chi connectivity index (χ4n) is 1.51. The average Bonchev–Trinajstić information content (AvgIpc) is 2.39. The summed E-state index contributed by atoms with van der Waals surface area (Å²) >= 11 is 5.88. The van der Waals surface area contributed by atoms with E-state index in [4.69, 9.17) is 21.4 Å². The van der Waals surface area contributed by atoms with Gasteiger partial charge in [0.15, 0.2) is 0 Å². The van der Waals surface area contributed by atoms with E-state index in [1.165, 1.54) is 12.1 Å². The second kappa shape index (κ2) is 7.81. The predicted molar refractivity (Wildman–Crippen MR) is 73.7 cm³/mol. The normalized spacial score (nSPS) is 11.7. The zero-order valence-corrected chi connectivity index (χ0v) is 12.3. The molecule has 0 radical (unpaired) electrons. The van der Waals surface area contributed by atoms with Gasteiger partial charge in [-0.3, -0.25) is 0 Å². The first kappa shape index (κ1) is 16.4. The van der Waals surface area contributed by atoms with Gasteiger partial charge in [0, 0.05) is 20.3 Å². The van der Waals surface area contributed by atoms with Crippen LogP contribution in [0, 0.1) is 0 Å². The Kier molecular flexibility index (Phi) is 6.74. The maximum Gasteiger partial charge on any atom is 0.242 e. The Morgan fingerprint density at radius 2 is 2.11 bits per heavy atom. The van der Waals surface area contributed by atoms with Gasteiger partial charge in [-0.25, -0.2) is 13.1 Å². The minimum atomic E-state index is -3.64. The molecule has 0 atom stereocenters. The van der Waals surface area contributed by atoms with Crippen molar-refractivity contribution in [1.82, 2.24) is 4.72 Å². The van der Waals surface area contributed by atoms with Crippen LogP contribution in [0.5, 0.6) is 0 Å². The summed E-state index contributed by atoms with van der Waals surface area (Å²) in [4.78, 5) is -0.00698. The van der Waals surface area contributed by atoms with Crippen molar-refractivity contribution >= 4 is 21.6 Å². The van der Waals surface area contributed by atoms with Gasteiger partial charge in [0.2, 0.25) is 10.0 Å². The Morgan fingerprint density at radius 3 is 2.74 bits per heavy atom. The average molecular weight is 308 g/mol. The van der Waals surface area contributed by atoms with E-state index in [1.807, 2.05) is 0 Å². The third-order valence-electron chi connectivity index (χ3n) is 2.54. The molecule has 0 spiro atoms. The first-order valence-electron chi connectivity index (χ1n) is 5.89. The molecule has 0 fully saturated rings. The lowest BCUT2D eigenvalue weighted by Crippen LogP contribution is -2.25. The zero-order valence-electron chi connectivity index (χ0n) is 10.7. The van der Waals surface area contributed by atoms with Crippen molar-refractivity contribution in [3.05, 3.63) is 28.8 Å². The molecule has 0 amide bonds. The van der Waals surface area contributed by atoms with Crippen LogP contribution in [0.4, 0.5) is 0 Å². The molecule has 0 aliphatic carbocycles. The molecule has 0 aliphatic rings. The molecule has 0 saturated heterocycles. The molecule has 1 aromatic carbocycles. The molecule has 108 valence electrons. The number of unbranched alkanes of at least 4 members (excludes halogenated alkanes) is 1. The quantitative estimate of drug-likeness (QED) is 0.714. The standard InChI is InChI=1S/C12H18ClNO4S/c1-18-7-3-2-6-14-19(16,17)12-8-10(9-15)4-5-11(12)13/h4-5,8,14-15H,2-3,6-7,9H2,1H3. The van der Waals surface area contributed by atoms with Gasteiger partial charge in [0.1, 0.15) is 4.90 Å². The summed E-state index contributed by atoms with van der Waals surface area (Å²) in [5, 5.41) is 9.16. The lowest BCUT2D eigenvalue weighted by molar-refractivity contribution is 0.193. The fraction of sp³-hybridized carbons (Fsp3) is 0.500. The molecule has 0 aromatic heterocycles. The van der Waals surface area contributed by atoms with E-state index in [1.54, 1.807) is 13.2 Å². The smallest absolute Gasteiger partial charge is 0.242 e. The number of sulfonamides is 1. The molecule has 5 nitrogen and oxygen atoms in total. The molecule has 0 aliphatic heterocycles. The topological polar surface area (TPSA) is 75.6 Å². The van der Waals surface area contributed by atoms with Crippen LogP contribution in [0.1, 0.15) is 18.4 Å². The van der Waals surface area contributed by atoms with Crippen molar-refractivity contribution in [2.24, 2.45) is 0 Å². The second-order valence-corrected chi connectivity index (χ2v) is 6.16. The number of methoxy groups -OCH3 is 1. The predicted octanol–water partition coefficient (Wildman–Crippen LogP) is 1.54. The minimum Gasteiger partial charge on any atom is -0.392 e. The van der Waals surface area contributed by atoms with Crippen LogP contribution in [0.3, 0.4) is 0 Å². The molecule has 7 heteroatoms. The number of benzene rings is 1. The van der Waals surface area contributed by atoms with Crippen LogP contribution >= 0.6 is 11.6 Å². The van der Waals surface area contributed by atoms with Crippen molar-refractivity contribution in [3.63, 3.8) is 0 Å². The minimum absolute atomic E-state index is 0.00698. The van der Waals surface area contributed by atoms with Gasteiger partial charge >= 0.3 is 0 Å². The third kappa shape index (κ3) is 5.08. The van der Waals surface area contributed by atoms with Crippen LogP contribution in [0.2, 0.25) is 5.02 Å². The Balaban J connectivity index is 2.71. The highest BCUT2D eigenvalue weighted by Gasteiger charge is 2.17. The van der Waals surface area contributed by atoms with Gasteiger partial charge in [-0.05, 0) is 30.5 Å². The van der Waals surface area contributed by atoms with Gasteiger partial charge in [-0.15, -0.1) is 0 Å². The van der Waals surface area contributed by atoms with Gasteiger partial charge in [0.25, 0.3) is 0 Å². The molecular weight excluding hydrogens is 290 g/mol. The number of aliphatic hydroxyl groups excluding tert-OH is 1. The van der Waals surface area contributed by atoms with Crippen molar-refractivity contribution in [1.29, 1.82) is 0 Å². The summed E-state index contributed by atoms with van der Waals surface area (Å²) in [7, 11) is -2.04. The van der Waals surface area contributed by atoms with E-state index >= 15 is 0 Å². The van der Waals surface area contributed by atoms with E-state index in [0.717, 1.165) is 6.42 Å². The molecular formula is C12H18ClNO4S. The number of hydrogen-bond acceptors (Lipinski definition) is 4. The number of ether oxygens (including phenoxy) is 1. The Labute approximate surface area is 118 Å². The molecule has 0 heterocycles. The summed E-state index contributed by atoms with van der Waals surface area (Å²) in [6.07, 6.45) is 1.47. The maximum absolute atomic E-state index is 12.0. The third-order valence-corrected chi connectivity index (χ3v) is 4.48. The Hall–Kier alpha value is -0.660. The fourth-order valence-corrected chi connectivity index (χ4v) is 3.13. The first-order valence-corrected chi connectivity index (χ1v) is 7.75. The van der Waals surface area contributed by atoms with Crippen molar-refractivity contribution in [2.45, 2.75) is 24.3 Å². The molecule has 1 rings (SSSR count). The summed E-state index contributed by atoms with van der Waals surface area (Å²) in [6.45, 7) is 0.696. The van der Waals surface area contributed by atoms with Gasteiger partial charge in [-0.2, -0.15) is 0 Å². The molecule has 19 heavy (non-hydrogen) atoms. The first-order chi connectivity index (χ1) is 9.01. The number of halogens is 1. The molecule has 1 aromatic rings. The Bertz CT molecular complexity index is 504. The monoisotopic (exact) mass is 307 g/mol. The molecule has 2 N–H and O–H groups in total. The Morgan fingerprint density at radius 1 is 1.37 bits per heavy atom. The van der Waals surface area contributed by atoms with E-state index in [0.29, 0.717) is 25.1 Å². The second-order valence-electron chi connectivity index (χ2n) is 4.02. The van der Waals surface area contributed by atoms with E-state index in [2.05, 4.69) is 4.72 Å². The van der Waals surface area contributed by atoms with Gasteiger partial charge in [-0.1, -0.05) is 17.7 Å². The SMILES string of the molecule is COCCCCNS(=O)(=O)c1cc(CO)ccc1Cl. The summed E-state index contributed by atoms with van der Waals surface area (Å²) in [5.41, 5.74) is 0.504. The van der Waals surface area contributed by atoms with Crippen molar-refractivity contribution in [3.8, 4) is 0 Å². The summed E-state index contributed by atoms with van der Waals surface area (Å²) in [5.74, 6) is 0. The van der Waals surface area contributed by atoms with E-state index in [-0.39, 0.29) is 16.5 Å². The molecule has 0 unspecified atom stereocenters. The zero-order chi connectivity index (χ0) is 14.3. The maximum atomic E-state index is 12.0. The van der Waals surface area contributed by atoms with Crippen molar-refractivity contribution < 1.29 is 18.3 Å². The van der Waals surface area contributed by atoms with Crippen LogP contribution in [0.15, 0.2) is 23.1 Å². The summed E-state index contributed by atoms with van der Waals surface area (Å²) in [6, 6.07) is 4.42. The van der Waals surface area contributed by atoms with Crippen LogP contribution in [-0.2, 0) is 21.4 Å². The van der Waals surface area contributed by atoms with Crippen LogP contribution < -0.4 is 4.72 Å². The van der Waals surface area contributed by atoms with Crippen LogP contribution in [0.25, 0.3) is 0 Å².